The van der Waals surface area contributed by atoms with E-state index in [9.17, 15) is 4.79 Å². The summed E-state index contributed by atoms with van der Waals surface area (Å²) in [6, 6.07) is 2.69. The Balaban J connectivity index is 2.67. The number of carbonyl (C=O) groups is 1. The number of methoxy groups -OCH3 is 1. The van der Waals surface area contributed by atoms with Crippen LogP contribution >= 0.6 is 0 Å². The quantitative estimate of drug-likeness (QED) is 0.397. The highest BCUT2D eigenvalue weighted by molar-refractivity contribution is 5.90. The third kappa shape index (κ3) is 6.71. The number of hydrogen-bond donors (Lipinski definition) is 2. The molecule has 0 saturated heterocycles. The number of nitrogens with one attached hydrogen (secondary N) is 2. The maximum Gasteiger partial charge on any atom is 0.341 e. The van der Waals surface area contributed by atoms with Crippen LogP contribution in [0, 0.1) is 6.92 Å². The van der Waals surface area contributed by atoms with Crippen LogP contribution in [0.25, 0.3) is 0 Å². The summed E-state index contributed by atoms with van der Waals surface area (Å²) in [5, 5.41) is 6.58. The van der Waals surface area contributed by atoms with Crippen molar-refractivity contribution in [3.05, 3.63) is 23.2 Å². The number of nitrogens with zero attached hydrogens (tertiary/aromatic N) is 2. The van der Waals surface area contributed by atoms with E-state index in [0.29, 0.717) is 35.7 Å². The lowest BCUT2D eigenvalue weighted by atomic mass is 10.2. The molecule has 0 radical (unpaired) electrons. The average molecular weight is 367 g/mol. The minimum absolute atomic E-state index is 0.352. The molecule has 0 aromatic carbocycles. The lowest BCUT2D eigenvalue weighted by molar-refractivity contribution is 0.0599. The van der Waals surface area contributed by atoms with E-state index >= 15 is 0 Å². The monoisotopic (exact) mass is 366 g/mol. The molecule has 1 aromatic heterocycles. The van der Waals surface area contributed by atoms with Crippen LogP contribution in [-0.2, 0) is 11.3 Å². The first kappa shape index (κ1) is 22.0. The van der Waals surface area contributed by atoms with Crippen molar-refractivity contribution >= 4 is 11.9 Å². The standard InChI is InChI=1S/C19H34N4O3/c1-8-20-19(21-9-10-23(13(2)3)14(4)5)22-12-16-11-17(15(6)26-16)18(24)25-7/h11,13-14H,8-10,12H2,1-7H3,(H2,20,21,22). The normalized spacial score (nSPS) is 12.2. The second-order valence-electron chi connectivity index (χ2n) is 6.72. The highest BCUT2D eigenvalue weighted by Gasteiger charge is 2.15. The van der Waals surface area contributed by atoms with Gasteiger partial charge in [-0.2, -0.15) is 0 Å². The van der Waals surface area contributed by atoms with Crippen LogP contribution in [-0.4, -0.2) is 55.7 Å². The van der Waals surface area contributed by atoms with E-state index in [-0.39, 0.29) is 0 Å². The van der Waals surface area contributed by atoms with Crippen LogP contribution in [0.5, 0.6) is 0 Å². The summed E-state index contributed by atoms with van der Waals surface area (Å²) in [5.74, 6) is 1.51. The van der Waals surface area contributed by atoms with Crippen molar-refractivity contribution in [2.24, 2.45) is 4.99 Å². The third-order valence-corrected chi connectivity index (χ3v) is 4.10. The van der Waals surface area contributed by atoms with Gasteiger partial charge in [-0.1, -0.05) is 0 Å². The van der Waals surface area contributed by atoms with Crippen molar-refractivity contribution < 1.29 is 13.9 Å². The minimum atomic E-state index is -0.394. The molecule has 148 valence electrons. The van der Waals surface area contributed by atoms with Crippen molar-refractivity contribution in [2.45, 2.75) is 60.2 Å². The largest absolute Gasteiger partial charge is 0.465 e. The number of furan rings is 1. The Morgan fingerprint density at radius 3 is 2.46 bits per heavy atom. The summed E-state index contributed by atoms with van der Waals surface area (Å²) < 4.78 is 10.3. The van der Waals surface area contributed by atoms with Gasteiger partial charge in [-0.25, -0.2) is 9.79 Å². The van der Waals surface area contributed by atoms with Crippen molar-refractivity contribution in [1.29, 1.82) is 0 Å². The van der Waals surface area contributed by atoms with E-state index in [1.807, 2.05) is 6.92 Å². The Bertz CT molecular complexity index is 586. The fraction of sp³-hybridized carbons (Fsp3) is 0.684. The zero-order valence-electron chi connectivity index (χ0n) is 17.2. The molecule has 0 atom stereocenters. The predicted octanol–water partition coefficient (Wildman–Crippen LogP) is 2.55. The summed E-state index contributed by atoms with van der Waals surface area (Å²) in [7, 11) is 1.36. The lowest BCUT2D eigenvalue weighted by Crippen LogP contribution is -2.45. The van der Waals surface area contributed by atoms with Crippen LogP contribution in [0.4, 0.5) is 0 Å². The fourth-order valence-corrected chi connectivity index (χ4v) is 2.85. The molecule has 0 saturated carbocycles. The molecule has 0 spiro atoms. The number of aryl methyl sites for hydroxylation is 1. The number of guanidine groups is 1. The second-order valence-corrected chi connectivity index (χ2v) is 6.72. The van der Waals surface area contributed by atoms with Gasteiger partial charge in [-0.3, -0.25) is 4.90 Å². The van der Waals surface area contributed by atoms with Gasteiger partial charge in [0.2, 0.25) is 0 Å². The van der Waals surface area contributed by atoms with Crippen molar-refractivity contribution in [2.75, 3.05) is 26.7 Å². The molecule has 1 heterocycles. The Morgan fingerprint density at radius 1 is 1.27 bits per heavy atom. The molecule has 0 bridgehead atoms. The van der Waals surface area contributed by atoms with Gasteiger partial charge < -0.3 is 19.8 Å². The number of esters is 1. The maximum atomic E-state index is 11.7. The molecule has 0 aliphatic rings. The zero-order valence-corrected chi connectivity index (χ0v) is 17.2. The van der Waals surface area contributed by atoms with Crippen LogP contribution < -0.4 is 10.6 Å². The van der Waals surface area contributed by atoms with Crippen molar-refractivity contribution in [3.63, 3.8) is 0 Å². The summed E-state index contributed by atoms with van der Waals surface area (Å²) >= 11 is 0. The summed E-state index contributed by atoms with van der Waals surface area (Å²) in [5.41, 5.74) is 0.445. The van der Waals surface area contributed by atoms with Gasteiger partial charge in [0.05, 0.1) is 7.11 Å². The van der Waals surface area contributed by atoms with Crippen LogP contribution in [0.15, 0.2) is 15.5 Å². The van der Waals surface area contributed by atoms with E-state index in [0.717, 1.165) is 25.6 Å². The molecule has 7 heteroatoms. The van der Waals surface area contributed by atoms with E-state index < -0.39 is 5.97 Å². The molecule has 2 N–H and O–H groups in total. The molecular formula is C19H34N4O3. The van der Waals surface area contributed by atoms with Crippen LogP contribution in [0.2, 0.25) is 0 Å². The molecule has 1 aromatic rings. The summed E-state index contributed by atoms with van der Waals surface area (Å²) in [6.45, 7) is 15.5. The van der Waals surface area contributed by atoms with Crippen LogP contribution in [0.3, 0.4) is 0 Å². The number of ether oxygens (including phenoxy) is 1. The number of rotatable bonds is 9. The Hall–Kier alpha value is -2.02. The number of carbonyl (C=O) groups excluding carboxylic acids is 1. The van der Waals surface area contributed by atoms with Gasteiger partial charge in [0.25, 0.3) is 0 Å². The van der Waals surface area contributed by atoms with Crippen molar-refractivity contribution in [3.8, 4) is 0 Å². The molecule has 7 nitrogen and oxygen atoms in total. The van der Waals surface area contributed by atoms with E-state index in [4.69, 9.17) is 9.15 Å². The van der Waals surface area contributed by atoms with E-state index in [2.05, 4.69) is 48.2 Å². The second kappa shape index (κ2) is 10.9. The maximum absolute atomic E-state index is 11.7. The lowest BCUT2D eigenvalue weighted by Gasteiger charge is -2.30. The first-order valence-electron chi connectivity index (χ1n) is 9.25. The Morgan fingerprint density at radius 2 is 1.92 bits per heavy atom. The molecule has 0 amide bonds. The fourth-order valence-electron chi connectivity index (χ4n) is 2.85. The molecule has 0 fully saturated rings. The summed E-state index contributed by atoms with van der Waals surface area (Å²) in [6.07, 6.45) is 0. The molecule has 0 unspecified atom stereocenters. The van der Waals surface area contributed by atoms with Gasteiger partial charge in [-0.05, 0) is 47.6 Å². The highest BCUT2D eigenvalue weighted by Crippen LogP contribution is 2.16. The molecule has 0 aliphatic heterocycles. The number of hydrogen-bond acceptors (Lipinski definition) is 5. The SMILES string of the molecule is CCNC(=NCc1cc(C(=O)OC)c(C)o1)NCCN(C(C)C)C(C)C. The van der Waals surface area contributed by atoms with Crippen molar-refractivity contribution in [1.82, 2.24) is 15.5 Å². The molecule has 0 aliphatic carbocycles. The van der Waals surface area contributed by atoms with Gasteiger partial charge in [0.1, 0.15) is 23.6 Å². The van der Waals surface area contributed by atoms with Gasteiger partial charge in [-0.15, -0.1) is 0 Å². The highest BCUT2D eigenvalue weighted by atomic mass is 16.5. The van der Waals surface area contributed by atoms with E-state index in [1.54, 1.807) is 13.0 Å². The van der Waals surface area contributed by atoms with Gasteiger partial charge in [0.15, 0.2) is 5.96 Å². The molecule has 26 heavy (non-hydrogen) atoms. The first-order chi connectivity index (χ1) is 12.3. The Labute approximate surface area is 157 Å². The average Bonchev–Trinajstić information content (AvgIpc) is 2.95. The Kier molecular flexibility index (Phi) is 9.19. The molecular weight excluding hydrogens is 332 g/mol. The minimum Gasteiger partial charge on any atom is -0.465 e. The first-order valence-corrected chi connectivity index (χ1v) is 9.25. The van der Waals surface area contributed by atoms with Gasteiger partial charge in [0, 0.05) is 31.7 Å². The summed E-state index contributed by atoms with van der Waals surface area (Å²) in [4.78, 5) is 18.6. The number of aliphatic imine (C=N–C) groups is 1. The third-order valence-electron chi connectivity index (χ3n) is 4.10. The predicted molar refractivity (Wildman–Crippen MR) is 105 cm³/mol. The smallest absolute Gasteiger partial charge is 0.341 e. The van der Waals surface area contributed by atoms with Gasteiger partial charge >= 0.3 is 5.97 Å². The van der Waals surface area contributed by atoms with Crippen LogP contribution in [0.1, 0.15) is 56.5 Å². The topological polar surface area (TPSA) is 79.1 Å². The van der Waals surface area contributed by atoms with E-state index in [1.165, 1.54) is 7.11 Å². The molecule has 1 rings (SSSR count). The zero-order chi connectivity index (χ0) is 19.7.